The van der Waals surface area contributed by atoms with E-state index in [0.717, 1.165) is 22.1 Å². The van der Waals surface area contributed by atoms with Crippen molar-refractivity contribution in [2.24, 2.45) is 0 Å². The number of hydrogen-bond donors (Lipinski definition) is 2. The summed E-state index contributed by atoms with van der Waals surface area (Å²) in [5, 5.41) is 13.3. The van der Waals surface area contributed by atoms with Gasteiger partial charge in [-0.15, -0.1) is 0 Å². The van der Waals surface area contributed by atoms with Gasteiger partial charge in [0.15, 0.2) is 6.61 Å². The Hall–Kier alpha value is -3.77. The second kappa shape index (κ2) is 9.58. The van der Waals surface area contributed by atoms with E-state index in [9.17, 15) is 14.7 Å². The second-order valence-corrected chi connectivity index (χ2v) is 7.71. The third-order valence-electron chi connectivity index (χ3n) is 4.96. The van der Waals surface area contributed by atoms with E-state index in [1.165, 1.54) is 0 Å². The van der Waals surface area contributed by atoms with Gasteiger partial charge in [0.1, 0.15) is 17.4 Å². The van der Waals surface area contributed by atoms with Crippen molar-refractivity contribution in [2.45, 2.75) is 19.1 Å². The van der Waals surface area contributed by atoms with Gasteiger partial charge in [-0.1, -0.05) is 60.1 Å². The Labute approximate surface area is 189 Å². The van der Waals surface area contributed by atoms with Crippen molar-refractivity contribution in [3.8, 4) is 11.1 Å². The first-order valence-corrected chi connectivity index (χ1v) is 10.3. The second-order valence-electron chi connectivity index (χ2n) is 7.27. The summed E-state index contributed by atoms with van der Waals surface area (Å²) in [6, 6.07) is 23.1. The lowest BCUT2D eigenvalue weighted by Crippen LogP contribution is -2.42. The zero-order valence-electron chi connectivity index (χ0n) is 17.0. The molecule has 2 N–H and O–H groups in total. The molecule has 0 saturated carbocycles. The summed E-state index contributed by atoms with van der Waals surface area (Å²) in [5.74, 6) is -0.678. The van der Waals surface area contributed by atoms with Crippen LogP contribution in [0.5, 0.6) is 0 Å². The molecule has 162 valence electrons. The SMILES string of the molecule is O=C(NC(Cc1ccccc1)C(=O)O)OCc1cc2cc(-c3ccc(Cl)cc3)ccc2o1. The highest BCUT2D eigenvalue weighted by Crippen LogP contribution is 2.28. The van der Waals surface area contributed by atoms with Gasteiger partial charge in [-0.3, -0.25) is 0 Å². The monoisotopic (exact) mass is 449 g/mol. The number of fused-ring (bicyclic) bond motifs is 1. The van der Waals surface area contributed by atoms with Crippen LogP contribution in [0.3, 0.4) is 0 Å². The number of carbonyl (C=O) groups excluding carboxylic acids is 1. The Morgan fingerprint density at radius 3 is 2.41 bits per heavy atom. The van der Waals surface area contributed by atoms with E-state index < -0.39 is 18.1 Å². The molecule has 0 aliphatic carbocycles. The number of benzene rings is 3. The minimum absolute atomic E-state index is 0.117. The van der Waals surface area contributed by atoms with E-state index in [0.29, 0.717) is 16.4 Å². The van der Waals surface area contributed by atoms with Gasteiger partial charge in [0, 0.05) is 16.8 Å². The Morgan fingerprint density at radius 1 is 0.969 bits per heavy atom. The summed E-state index contributed by atoms with van der Waals surface area (Å²) in [4.78, 5) is 23.7. The lowest BCUT2D eigenvalue weighted by atomic mass is 10.0. The Balaban J connectivity index is 1.39. The van der Waals surface area contributed by atoms with Crippen LogP contribution in [0.15, 0.2) is 83.3 Å². The number of aliphatic carboxylic acids is 1. The van der Waals surface area contributed by atoms with Crippen LogP contribution in [0, 0.1) is 0 Å². The normalized spacial score (nSPS) is 11.8. The maximum atomic E-state index is 12.2. The topological polar surface area (TPSA) is 88.8 Å². The van der Waals surface area contributed by atoms with E-state index in [1.54, 1.807) is 18.2 Å². The van der Waals surface area contributed by atoms with Crippen molar-refractivity contribution in [3.63, 3.8) is 0 Å². The van der Waals surface area contributed by atoms with E-state index in [-0.39, 0.29) is 13.0 Å². The van der Waals surface area contributed by atoms with Gasteiger partial charge in [-0.2, -0.15) is 0 Å². The number of rotatable bonds is 7. The van der Waals surface area contributed by atoms with E-state index >= 15 is 0 Å². The van der Waals surface area contributed by atoms with Gasteiger partial charge in [0.2, 0.25) is 0 Å². The van der Waals surface area contributed by atoms with Gasteiger partial charge < -0.3 is 19.6 Å². The maximum Gasteiger partial charge on any atom is 0.408 e. The van der Waals surface area contributed by atoms with Gasteiger partial charge in [0.05, 0.1) is 0 Å². The summed E-state index contributed by atoms with van der Waals surface area (Å²) in [6.07, 6.45) is -0.667. The number of alkyl carbamates (subject to hydrolysis) is 1. The fraction of sp³-hybridized carbons (Fsp3) is 0.120. The molecule has 0 fully saturated rings. The molecule has 1 heterocycles. The molecule has 0 bridgehead atoms. The minimum Gasteiger partial charge on any atom is -0.480 e. The molecular formula is C25H20ClNO5. The molecule has 0 saturated heterocycles. The Bertz CT molecular complexity index is 1230. The molecule has 7 heteroatoms. The zero-order chi connectivity index (χ0) is 22.5. The Kier molecular flexibility index (Phi) is 6.42. The highest BCUT2D eigenvalue weighted by atomic mass is 35.5. The largest absolute Gasteiger partial charge is 0.480 e. The molecule has 4 rings (SSSR count). The molecule has 4 aromatic rings. The summed E-state index contributed by atoms with van der Waals surface area (Å²) >= 11 is 5.95. The lowest BCUT2D eigenvalue weighted by Gasteiger charge is -2.14. The fourth-order valence-electron chi connectivity index (χ4n) is 3.36. The molecule has 1 aromatic heterocycles. The van der Waals surface area contributed by atoms with E-state index in [1.807, 2.05) is 60.7 Å². The molecule has 0 aliphatic heterocycles. The van der Waals surface area contributed by atoms with E-state index in [4.69, 9.17) is 20.8 Å². The molecule has 0 spiro atoms. The summed E-state index contributed by atoms with van der Waals surface area (Å²) in [5.41, 5.74) is 3.49. The van der Waals surface area contributed by atoms with Gasteiger partial charge in [-0.25, -0.2) is 9.59 Å². The molecule has 0 aliphatic rings. The quantitative estimate of drug-likeness (QED) is 0.379. The van der Waals surface area contributed by atoms with Crippen molar-refractivity contribution in [3.05, 3.63) is 95.2 Å². The van der Waals surface area contributed by atoms with Gasteiger partial charge >= 0.3 is 12.1 Å². The smallest absolute Gasteiger partial charge is 0.408 e. The summed E-state index contributed by atoms with van der Waals surface area (Å²) in [7, 11) is 0. The molecule has 32 heavy (non-hydrogen) atoms. The maximum absolute atomic E-state index is 12.2. The van der Waals surface area contributed by atoms with Crippen molar-refractivity contribution >= 4 is 34.6 Å². The van der Waals surface area contributed by atoms with Gasteiger partial charge in [-0.05, 0) is 47.0 Å². The van der Waals surface area contributed by atoms with Crippen LogP contribution in [0.1, 0.15) is 11.3 Å². The van der Waals surface area contributed by atoms with Crippen molar-refractivity contribution in [1.82, 2.24) is 5.32 Å². The number of carbonyl (C=O) groups is 2. The van der Waals surface area contributed by atoms with E-state index in [2.05, 4.69) is 5.32 Å². The third kappa shape index (κ3) is 5.28. The number of carboxylic acids is 1. The van der Waals surface area contributed by atoms with Crippen molar-refractivity contribution < 1.29 is 23.8 Å². The number of nitrogens with one attached hydrogen (secondary N) is 1. The summed E-state index contributed by atoms with van der Waals surface area (Å²) in [6.45, 7) is -0.117. The van der Waals surface area contributed by atoms with Crippen LogP contribution in [-0.4, -0.2) is 23.2 Å². The lowest BCUT2D eigenvalue weighted by molar-refractivity contribution is -0.139. The zero-order valence-corrected chi connectivity index (χ0v) is 17.7. The highest BCUT2D eigenvalue weighted by Gasteiger charge is 2.21. The average Bonchev–Trinajstić information content (AvgIpc) is 3.20. The first-order valence-electron chi connectivity index (χ1n) is 9.96. The van der Waals surface area contributed by atoms with Crippen LogP contribution in [0.2, 0.25) is 5.02 Å². The highest BCUT2D eigenvalue weighted by molar-refractivity contribution is 6.30. The number of ether oxygens (including phenoxy) is 1. The predicted molar refractivity (Wildman–Crippen MR) is 122 cm³/mol. The van der Waals surface area contributed by atoms with Crippen LogP contribution in [0.25, 0.3) is 22.1 Å². The first kappa shape index (κ1) is 21.5. The molecule has 6 nitrogen and oxygen atoms in total. The fourth-order valence-corrected chi connectivity index (χ4v) is 3.49. The van der Waals surface area contributed by atoms with Gasteiger partial charge in [0.25, 0.3) is 0 Å². The summed E-state index contributed by atoms with van der Waals surface area (Å²) < 4.78 is 10.9. The third-order valence-corrected chi connectivity index (χ3v) is 5.22. The molecule has 1 atom stereocenters. The van der Waals surface area contributed by atoms with Crippen LogP contribution in [-0.2, 0) is 22.6 Å². The van der Waals surface area contributed by atoms with Crippen LogP contribution >= 0.6 is 11.6 Å². The number of halogens is 1. The molecule has 1 unspecified atom stereocenters. The minimum atomic E-state index is -1.13. The number of amides is 1. The number of hydrogen-bond acceptors (Lipinski definition) is 4. The molecule has 0 radical (unpaired) electrons. The first-order chi connectivity index (χ1) is 15.5. The molecular weight excluding hydrogens is 430 g/mol. The molecule has 1 amide bonds. The van der Waals surface area contributed by atoms with Crippen LogP contribution in [0.4, 0.5) is 4.79 Å². The number of furan rings is 1. The average molecular weight is 450 g/mol. The number of carboxylic acid groups (broad SMARTS) is 1. The standard InChI is InChI=1S/C25H20ClNO5/c26-20-9-6-17(7-10-20)18-8-11-23-19(13-18)14-21(32-23)15-31-25(30)27-22(24(28)29)12-16-4-2-1-3-5-16/h1-11,13-14,22H,12,15H2,(H,27,30)(H,28,29). The molecule has 3 aromatic carbocycles. The van der Waals surface area contributed by atoms with Crippen molar-refractivity contribution in [2.75, 3.05) is 0 Å². The van der Waals surface area contributed by atoms with Crippen LogP contribution < -0.4 is 5.32 Å². The Morgan fingerprint density at radius 2 is 1.69 bits per heavy atom. The van der Waals surface area contributed by atoms with Crippen molar-refractivity contribution in [1.29, 1.82) is 0 Å². The predicted octanol–water partition coefficient (Wildman–Crippen LogP) is 5.68.